The number of fused-ring (bicyclic) bond motifs is 1. The van der Waals surface area contributed by atoms with Crippen molar-refractivity contribution in [2.75, 3.05) is 13.2 Å². The van der Waals surface area contributed by atoms with Crippen LogP contribution in [-0.4, -0.2) is 49.6 Å². The summed E-state index contributed by atoms with van der Waals surface area (Å²) in [6.45, 7) is 3.25. The monoisotopic (exact) mass is 230 g/mol. The van der Waals surface area contributed by atoms with Crippen molar-refractivity contribution in [3.8, 4) is 0 Å². The molecule has 0 aromatic carbocycles. The number of carbonyl (C=O) groups is 2. The fourth-order valence-electron chi connectivity index (χ4n) is 2.06. The van der Waals surface area contributed by atoms with Crippen molar-refractivity contribution in [3.63, 3.8) is 0 Å². The van der Waals surface area contributed by atoms with Crippen LogP contribution in [0.3, 0.4) is 0 Å². The highest BCUT2D eigenvalue weighted by molar-refractivity contribution is 5.66. The molecule has 2 aliphatic rings. The zero-order chi connectivity index (χ0) is 11.7. The summed E-state index contributed by atoms with van der Waals surface area (Å²) < 4.78 is 20.9. The molecule has 0 aromatic rings. The second-order valence-corrected chi connectivity index (χ2v) is 3.89. The van der Waals surface area contributed by atoms with Crippen molar-refractivity contribution in [1.82, 2.24) is 0 Å². The topological polar surface area (TPSA) is 71.1 Å². The lowest BCUT2D eigenvalue weighted by Gasteiger charge is -2.16. The number of esters is 2. The smallest absolute Gasteiger partial charge is 0.303 e. The quantitative estimate of drug-likeness (QED) is 0.604. The van der Waals surface area contributed by atoms with Gasteiger partial charge in [0.25, 0.3) is 0 Å². The maximum atomic E-state index is 10.8. The van der Waals surface area contributed by atoms with Crippen molar-refractivity contribution in [2.45, 2.75) is 38.3 Å². The molecule has 0 saturated carbocycles. The standard InChI is InChI=1S/C10H14O6/c1-5(11)15-7-3-13-10-8(16-6(2)12)4-14-9(7)10/h7-10H,3-4H2,1-2H3/t7-,8-,9+,10+/m1/s1. The highest BCUT2D eigenvalue weighted by Gasteiger charge is 2.50. The first-order valence-electron chi connectivity index (χ1n) is 5.15. The molecule has 6 nitrogen and oxygen atoms in total. The van der Waals surface area contributed by atoms with E-state index in [-0.39, 0.29) is 37.4 Å². The molecule has 0 N–H and O–H groups in total. The van der Waals surface area contributed by atoms with Crippen LogP contribution in [0.2, 0.25) is 0 Å². The SMILES string of the molecule is CC(=O)O[C@@H]1CO[C@@H]2[C@H]1OC[C@H]2OC(C)=O. The first-order chi connectivity index (χ1) is 7.58. The van der Waals surface area contributed by atoms with Crippen molar-refractivity contribution in [2.24, 2.45) is 0 Å². The number of hydrogen-bond donors (Lipinski definition) is 0. The fraction of sp³-hybridized carbons (Fsp3) is 0.800. The maximum absolute atomic E-state index is 10.8. The molecule has 2 heterocycles. The highest BCUT2D eigenvalue weighted by Crippen LogP contribution is 2.30. The van der Waals surface area contributed by atoms with Gasteiger partial charge in [-0.25, -0.2) is 0 Å². The molecule has 2 saturated heterocycles. The van der Waals surface area contributed by atoms with Crippen LogP contribution in [0.15, 0.2) is 0 Å². The van der Waals surface area contributed by atoms with Gasteiger partial charge < -0.3 is 18.9 Å². The number of rotatable bonds is 2. The maximum Gasteiger partial charge on any atom is 0.303 e. The van der Waals surface area contributed by atoms with Crippen LogP contribution in [-0.2, 0) is 28.5 Å². The molecule has 0 amide bonds. The summed E-state index contributed by atoms with van der Waals surface area (Å²) in [4.78, 5) is 21.7. The number of hydrogen-bond acceptors (Lipinski definition) is 6. The van der Waals surface area contributed by atoms with Gasteiger partial charge in [-0.3, -0.25) is 9.59 Å². The number of carbonyl (C=O) groups excluding carboxylic acids is 2. The van der Waals surface area contributed by atoms with Gasteiger partial charge in [0.15, 0.2) is 12.2 Å². The Morgan fingerprint density at radius 2 is 1.31 bits per heavy atom. The molecule has 90 valence electrons. The van der Waals surface area contributed by atoms with Gasteiger partial charge in [-0.05, 0) is 0 Å². The Morgan fingerprint density at radius 3 is 1.62 bits per heavy atom. The lowest BCUT2D eigenvalue weighted by molar-refractivity contribution is -0.152. The average molecular weight is 230 g/mol. The van der Waals surface area contributed by atoms with E-state index in [9.17, 15) is 9.59 Å². The van der Waals surface area contributed by atoms with Crippen LogP contribution in [0, 0.1) is 0 Å². The molecule has 6 heteroatoms. The van der Waals surface area contributed by atoms with Gasteiger partial charge in [0.1, 0.15) is 12.2 Å². The van der Waals surface area contributed by atoms with E-state index in [1.807, 2.05) is 0 Å². The van der Waals surface area contributed by atoms with Crippen molar-refractivity contribution in [3.05, 3.63) is 0 Å². The van der Waals surface area contributed by atoms with E-state index < -0.39 is 12.2 Å². The van der Waals surface area contributed by atoms with E-state index in [0.717, 1.165) is 0 Å². The largest absolute Gasteiger partial charge is 0.457 e. The average Bonchev–Trinajstić information content (AvgIpc) is 2.70. The molecule has 2 rings (SSSR count). The third-order valence-corrected chi connectivity index (χ3v) is 2.60. The minimum Gasteiger partial charge on any atom is -0.457 e. The molecule has 2 aliphatic heterocycles. The second-order valence-electron chi connectivity index (χ2n) is 3.89. The van der Waals surface area contributed by atoms with Gasteiger partial charge in [-0.15, -0.1) is 0 Å². The minimum absolute atomic E-state index is 0.284. The summed E-state index contributed by atoms with van der Waals surface area (Å²) in [5.41, 5.74) is 0. The summed E-state index contributed by atoms with van der Waals surface area (Å²) >= 11 is 0. The summed E-state index contributed by atoms with van der Waals surface area (Å²) in [6, 6.07) is 0. The molecular formula is C10H14O6. The Labute approximate surface area is 92.8 Å². The van der Waals surface area contributed by atoms with Crippen LogP contribution < -0.4 is 0 Å². The summed E-state index contributed by atoms with van der Waals surface area (Å²) in [5, 5.41) is 0. The Hall–Kier alpha value is -1.14. The number of ether oxygens (including phenoxy) is 4. The predicted molar refractivity (Wildman–Crippen MR) is 50.6 cm³/mol. The zero-order valence-corrected chi connectivity index (χ0v) is 9.17. The molecule has 2 fully saturated rings. The van der Waals surface area contributed by atoms with E-state index in [4.69, 9.17) is 18.9 Å². The summed E-state index contributed by atoms with van der Waals surface area (Å²) in [6.07, 6.45) is -1.45. The molecule has 0 spiro atoms. The van der Waals surface area contributed by atoms with E-state index in [1.54, 1.807) is 0 Å². The summed E-state index contributed by atoms with van der Waals surface area (Å²) in [5.74, 6) is -0.734. The molecule has 0 bridgehead atoms. The van der Waals surface area contributed by atoms with Crippen LogP contribution >= 0.6 is 0 Å². The van der Waals surface area contributed by atoms with E-state index in [1.165, 1.54) is 13.8 Å². The van der Waals surface area contributed by atoms with Crippen LogP contribution in [0.4, 0.5) is 0 Å². The van der Waals surface area contributed by atoms with Crippen LogP contribution in [0.1, 0.15) is 13.8 Å². The van der Waals surface area contributed by atoms with Gasteiger partial charge in [0.05, 0.1) is 13.2 Å². The van der Waals surface area contributed by atoms with Crippen LogP contribution in [0.5, 0.6) is 0 Å². The van der Waals surface area contributed by atoms with Crippen molar-refractivity contribution in [1.29, 1.82) is 0 Å². The first kappa shape index (κ1) is 11.3. The lowest BCUT2D eigenvalue weighted by Crippen LogP contribution is -2.35. The van der Waals surface area contributed by atoms with Crippen molar-refractivity contribution < 1.29 is 28.5 Å². The van der Waals surface area contributed by atoms with Gasteiger partial charge in [0.2, 0.25) is 0 Å². The second kappa shape index (κ2) is 4.39. The Kier molecular flexibility index (Phi) is 3.11. The lowest BCUT2D eigenvalue weighted by atomic mass is 10.1. The van der Waals surface area contributed by atoms with Gasteiger partial charge in [-0.1, -0.05) is 0 Å². The molecule has 0 unspecified atom stereocenters. The molecule has 4 atom stereocenters. The normalized spacial score (nSPS) is 36.9. The van der Waals surface area contributed by atoms with Gasteiger partial charge in [-0.2, -0.15) is 0 Å². The third-order valence-electron chi connectivity index (χ3n) is 2.60. The fourth-order valence-corrected chi connectivity index (χ4v) is 2.06. The van der Waals surface area contributed by atoms with Gasteiger partial charge >= 0.3 is 11.9 Å². The molecule has 0 aliphatic carbocycles. The van der Waals surface area contributed by atoms with E-state index in [0.29, 0.717) is 0 Å². The Morgan fingerprint density at radius 1 is 0.938 bits per heavy atom. The zero-order valence-electron chi connectivity index (χ0n) is 9.17. The minimum atomic E-state index is -0.400. The molecule has 16 heavy (non-hydrogen) atoms. The Balaban J connectivity index is 1.95. The predicted octanol–water partition coefficient (Wildman–Crippen LogP) is -0.353. The Bertz CT molecular complexity index is 272. The van der Waals surface area contributed by atoms with E-state index in [2.05, 4.69) is 0 Å². The van der Waals surface area contributed by atoms with Gasteiger partial charge in [0, 0.05) is 13.8 Å². The third kappa shape index (κ3) is 2.17. The first-order valence-corrected chi connectivity index (χ1v) is 5.15. The highest BCUT2D eigenvalue weighted by atomic mass is 16.7. The molecular weight excluding hydrogens is 216 g/mol. The molecule has 0 radical (unpaired) electrons. The summed E-state index contributed by atoms with van der Waals surface area (Å²) in [7, 11) is 0. The van der Waals surface area contributed by atoms with E-state index >= 15 is 0 Å². The molecule has 0 aromatic heterocycles. The van der Waals surface area contributed by atoms with Crippen molar-refractivity contribution >= 4 is 11.9 Å². The van der Waals surface area contributed by atoms with Crippen LogP contribution in [0.25, 0.3) is 0 Å².